The summed E-state index contributed by atoms with van der Waals surface area (Å²) >= 11 is 3.19. The standard InChI is InChI=1S/C14H10BrFN2O/c15-11-3-2-10(12(16)6-11)8-19-14-4-1-9(7-17)5-13(14)18/h1-6H,8,18H2. The van der Waals surface area contributed by atoms with Gasteiger partial charge in [0, 0.05) is 10.0 Å². The van der Waals surface area contributed by atoms with Crippen molar-refractivity contribution in [2.75, 3.05) is 5.73 Å². The van der Waals surface area contributed by atoms with Crippen molar-refractivity contribution >= 4 is 21.6 Å². The molecule has 0 aromatic heterocycles. The first-order valence-corrected chi connectivity index (χ1v) is 6.26. The Labute approximate surface area is 118 Å². The van der Waals surface area contributed by atoms with Crippen molar-refractivity contribution in [2.24, 2.45) is 0 Å². The van der Waals surface area contributed by atoms with Crippen LogP contribution in [0.25, 0.3) is 0 Å². The van der Waals surface area contributed by atoms with Gasteiger partial charge >= 0.3 is 0 Å². The normalized spacial score (nSPS) is 9.95. The van der Waals surface area contributed by atoms with Crippen LogP contribution in [0.3, 0.4) is 0 Å². The van der Waals surface area contributed by atoms with E-state index < -0.39 is 0 Å². The van der Waals surface area contributed by atoms with E-state index >= 15 is 0 Å². The monoisotopic (exact) mass is 320 g/mol. The molecule has 2 aromatic rings. The number of nitrogens with two attached hydrogens (primary N) is 1. The Balaban J connectivity index is 2.13. The summed E-state index contributed by atoms with van der Waals surface area (Å²) in [4.78, 5) is 0. The zero-order valence-corrected chi connectivity index (χ0v) is 11.4. The van der Waals surface area contributed by atoms with Crippen LogP contribution in [0.15, 0.2) is 40.9 Å². The minimum absolute atomic E-state index is 0.0786. The maximum atomic E-state index is 13.6. The summed E-state index contributed by atoms with van der Waals surface area (Å²) in [7, 11) is 0. The topological polar surface area (TPSA) is 59.0 Å². The van der Waals surface area contributed by atoms with Gasteiger partial charge in [0.25, 0.3) is 0 Å². The first-order chi connectivity index (χ1) is 9.10. The highest BCUT2D eigenvalue weighted by atomic mass is 79.9. The van der Waals surface area contributed by atoms with Crippen LogP contribution in [0.5, 0.6) is 5.75 Å². The molecule has 0 aliphatic rings. The minimum atomic E-state index is -0.346. The number of nitriles is 1. The number of rotatable bonds is 3. The minimum Gasteiger partial charge on any atom is -0.487 e. The van der Waals surface area contributed by atoms with E-state index in [1.165, 1.54) is 12.1 Å². The number of nitrogen functional groups attached to an aromatic ring is 1. The van der Waals surface area contributed by atoms with Gasteiger partial charge in [0.1, 0.15) is 18.2 Å². The van der Waals surface area contributed by atoms with Crippen LogP contribution >= 0.6 is 15.9 Å². The van der Waals surface area contributed by atoms with Crippen molar-refractivity contribution in [3.63, 3.8) is 0 Å². The van der Waals surface area contributed by atoms with Gasteiger partial charge in [-0.15, -0.1) is 0 Å². The molecule has 3 nitrogen and oxygen atoms in total. The molecule has 0 spiro atoms. The second kappa shape index (κ2) is 5.72. The molecular weight excluding hydrogens is 311 g/mol. The Hall–Kier alpha value is -2.06. The molecule has 2 aromatic carbocycles. The van der Waals surface area contributed by atoms with Gasteiger partial charge in [0.2, 0.25) is 0 Å². The van der Waals surface area contributed by atoms with E-state index in [1.54, 1.807) is 24.3 Å². The Morgan fingerprint density at radius 3 is 2.68 bits per heavy atom. The highest BCUT2D eigenvalue weighted by Crippen LogP contribution is 2.24. The Kier molecular flexibility index (Phi) is 4.03. The van der Waals surface area contributed by atoms with Gasteiger partial charge < -0.3 is 10.5 Å². The Morgan fingerprint density at radius 1 is 1.26 bits per heavy atom. The van der Waals surface area contributed by atoms with E-state index in [4.69, 9.17) is 15.7 Å². The molecular formula is C14H10BrFN2O. The molecule has 0 fully saturated rings. The fourth-order valence-electron chi connectivity index (χ4n) is 1.54. The predicted molar refractivity (Wildman–Crippen MR) is 74.0 cm³/mol. The molecule has 0 saturated heterocycles. The molecule has 0 bridgehead atoms. The van der Waals surface area contributed by atoms with Crippen LogP contribution in [-0.2, 0) is 6.61 Å². The smallest absolute Gasteiger partial charge is 0.142 e. The van der Waals surface area contributed by atoms with Crippen molar-refractivity contribution < 1.29 is 9.13 Å². The quantitative estimate of drug-likeness (QED) is 0.879. The van der Waals surface area contributed by atoms with Crippen molar-refractivity contribution in [3.8, 4) is 11.8 Å². The van der Waals surface area contributed by atoms with Gasteiger partial charge in [-0.2, -0.15) is 5.26 Å². The lowest BCUT2D eigenvalue weighted by molar-refractivity contribution is 0.301. The second-order valence-corrected chi connectivity index (χ2v) is 4.80. The summed E-state index contributed by atoms with van der Waals surface area (Å²) in [6, 6.07) is 11.5. The first kappa shape index (κ1) is 13.4. The Bertz CT molecular complexity index is 652. The largest absolute Gasteiger partial charge is 0.487 e. The van der Waals surface area contributed by atoms with Gasteiger partial charge in [0.05, 0.1) is 17.3 Å². The highest BCUT2D eigenvalue weighted by Gasteiger charge is 2.06. The van der Waals surface area contributed by atoms with E-state index in [-0.39, 0.29) is 12.4 Å². The fourth-order valence-corrected chi connectivity index (χ4v) is 1.88. The van der Waals surface area contributed by atoms with Crippen LogP contribution in [-0.4, -0.2) is 0 Å². The molecule has 2 rings (SSSR count). The average Bonchev–Trinajstić information content (AvgIpc) is 2.39. The van der Waals surface area contributed by atoms with Gasteiger partial charge in [-0.25, -0.2) is 4.39 Å². The van der Waals surface area contributed by atoms with Crippen molar-refractivity contribution in [1.82, 2.24) is 0 Å². The summed E-state index contributed by atoms with van der Waals surface area (Å²) in [5.41, 5.74) is 7.00. The summed E-state index contributed by atoms with van der Waals surface area (Å²) in [5, 5.41) is 8.72. The molecule has 0 heterocycles. The Morgan fingerprint density at radius 2 is 2.05 bits per heavy atom. The van der Waals surface area contributed by atoms with Crippen LogP contribution in [0.1, 0.15) is 11.1 Å². The van der Waals surface area contributed by atoms with Crippen LogP contribution < -0.4 is 10.5 Å². The SMILES string of the molecule is N#Cc1ccc(OCc2ccc(Br)cc2F)c(N)c1. The van der Waals surface area contributed by atoms with Gasteiger partial charge in [-0.3, -0.25) is 0 Å². The lowest BCUT2D eigenvalue weighted by atomic mass is 10.2. The van der Waals surface area contributed by atoms with Crippen molar-refractivity contribution in [3.05, 3.63) is 57.8 Å². The maximum absolute atomic E-state index is 13.6. The van der Waals surface area contributed by atoms with Crippen molar-refractivity contribution in [1.29, 1.82) is 5.26 Å². The number of anilines is 1. The summed E-state index contributed by atoms with van der Waals surface area (Å²) in [6.45, 7) is 0.0786. The molecule has 19 heavy (non-hydrogen) atoms. The fraction of sp³-hybridized carbons (Fsp3) is 0.0714. The molecule has 0 saturated carbocycles. The summed E-state index contributed by atoms with van der Waals surface area (Å²) < 4.78 is 19.7. The van der Waals surface area contributed by atoms with Crippen molar-refractivity contribution in [2.45, 2.75) is 6.61 Å². The molecule has 0 aliphatic heterocycles. The van der Waals surface area contributed by atoms with Gasteiger partial charge in [-0.05, 0) is 30.3 Å². The molecule has 0 atom stereocenters. The van der Waals surface area contributed by atoms with E-state index in [0.29, 0.717) is 27.0 Å². The zero-order valence-electron chi connectivity index (χ0n) is 9.86. The molecule has 96 valence electrons. The molecule has 5 heteroatoms. The van der Waals surface area contributed by atoms with E-state index in [9.17, 15) is 4.39 Å². The summed E-state index contributed by atoms with van der Waals surface area (Å²) in [5.74, 6) is 0.0860. The number of ether oxygens (including phenoxy) is 1. The van der Waals surface area contributed by atoms with Crippen LogP contribution in [0, 0.1) is 17.1 Å². The molecule has 2 N–H and O–H groups in total. The molecule has 0 unspecified atom stereocenters. The maximum Gasteiger partial charge on any atom is 0.142 e. The number of benzene rings is 2. The average molecular weight is 321 g/mol. The third kappa shape index (κ3) is 3.24. The summed E-state index contributed by atoms with van der Waals surface area (Å²) in [6.07, 6.45) is 0. The predicted octanol–water partition coefficient (Wildman–Crippen LogP) is 3.62. The highest BCUT2D eigenvalue weighted by molar-refractivity contribution is 9.10. The van der Waals surface area contributed by atoms with Crippen LogP contribution in [0.4, 0.5) is 10.1 Å². The van der Waals surface area contributed by atoms with Gasteiger partial charge in [0.15, 0.2) is 0 Å². The zero-order chi connectivity index (χ0) is 13.8. The number of nitrogens with zero attached hydrogens (tertiary/aromatic N) is 1. The third-order valence-corrected chi connectivity index (χ3v) is 3.03. The number of halogens is 2. The third-order valence-electron chi connectivity index (χ3n) is 2.54. The van der Waals surface area contributed by atoms with E-state index in [0.717, 1.165) is 0 Å². The number of hydrogen-bond acceptors (Lipinski definition) is 3. The van der Waals surface area contributed by atoms with Crippen LogP contribution in [0.2, 0.25) is 0 Å². The van der Waals surface area contributed by atoms with E-state index in [1.807, 2.05) is 6.07 Å². The van der Waals surface area contributed by atoms with E-state index in [2.05, 4.69) is 15.9 Å². The second-order valence-electron chi connectivity index (χ2n) is 3.89. The molecule has 0 aliphatic carbocycles. The molecule has 0 amide bonds. The molecule has 0 radical (unpaired) electrons. The first-order valence-electron chi connectivity index (χ1n) is 5.46. The lowest BCUT2D eigenvalue weighted by Crippen LogP contribution is -2.01. The number of hydrogen-bond donors (Lipinski definition) is 1. The van der Waals surface area contributed by atoms with Gasteiger partial charge in [-0.1, -0.05) is 22.0 Å². The lowest BCUT2D eigenvalue weighted by Gasteiger charge is -2.09.